The van der Waals surface area contributed by atoms with Gasteiger partial charge in [0.1, 0.15) is 6.10 Å². The predicted molar refractivity (Wildman–Crippen MR) is 63.8 cm³/mol. The molecule has 1 nitrogen and oxygen atoms in total. The lowest BCUT2D eigenvalue weighted by Crippen LogP contribution is -1.96. The summed E-state index contributed by atoms with van der Waals surface area (Å²) < 4.78 is 0. The summed E-state index contributed by atoms with van der Waals surface area (Å²) in [6.07, 6.45) is 0.234. The summed E-state index contributed by atoms with van der Waals surface area (Å²) in [4.78, 5) is 0. The van der Waals surface area contributed by atoms with E-state index in [1.807, 2.05) is 30.3 Å². The molecule has 0 saturated carbocycles. The average Bonchev–Trinajstić information content (AvgIpc) is 2.64. The van der Waals surface area contributed by atoms with Crippen LogP contribution in [-0.2, 0) is 11.5 Å². The Labute approximate surface area is 95.4 Å². The lowest BCUT2D eigenvalue weighted by Gasteiger charge is -2.08. The largest absolute Gasteiger partial charge is 0.223 e. The van der Waals surface area contributed by atoms with E-state index >= 15 is 0 Å². The molecule has 1 aliphatic rings. The van der Waals surface area contributed by atoms with Crippen LogP contribution in [0.4, 0.5) is 0 Å². The van der Waals surface area contributed by atoms with Gasteiger partial charge in [0.05, 0.1) is 0 Å². The van der Waals surface area contributed by atoms with Gasteiger partial charge in [0, 0.05) is 0 Å². The van der Waals surface area contributed by atoms with E-state index in [0.29, 0.717) is 0 Å². The van der Waals surface area contributed by atoms with Crippen LogP contribution in [0.5, 0.6) is 0 Å². The maximum absolute atomic E-state index is 12.4. The van der Waals surface area contributed by atoms with Crippen LogP contribution in [-0.4, -0.2) is 0 Å². The Kier molecular flexibility index (Phi) is 2.08. The van der Waals surface area contributed by atoms with Crippen LogP contribution in [0.1, 0.15) is 29.7 Å². The average molecular weight is 209 g/mol. The van der Waals surface area contributed by atoms with Crippen molar-refractivity contribution in [2.45, 2.75) is 19.4 Å². The van der Waals surface area contributed by atoms with Gasteiger partial charge in [-0.2, -0.15) is 0 Å². The van der Waals surface area contributed by atoms with Gasteiger partial charge in [-0.25, -0.2) is 5.11 Å². The van der Waals surface area contributed by atoms with Crippen LogP contribution < -0.4 is 0 Å². The highest BCUT2D eigenvalue weighted by Crippen LogP contribution is 2.45. The zero-order chi connectivity index (χ0) is 11.1. The van der Waals surface area contributed by atoms with Crippen LogP contribution in [0.2, 0.25) is 0 Å². The number of fused-ring (bicyclic) bond motifs is 3. The molecule has 0 amide bonds. The molecule has 3 rings (SSSR count). The smallest absolute Gasteiger partial charge is 0.145 e. The molecule has 1 unspecified atom stereocenters. The second kappa shape index (κ2) is 3.46. The highest BCUT2D eigenvalue weighted by atomic mass is 16.3. The number of benzene rings is 2. The van der Waals surface area contributed by atoms with Crippen LogP contribution in [0, 0.1) is 0 Å². The highest BCUT2D eigenvalue weighted by Gasteiger charge is 2.29. The monoisotopic (exact) mass is 209 g/mol. The SMILES string of the molecule is CCc1cccc2c1C([O])c1ccccc1-2. The molecule has 16 heavy (non-hydrogen) atoms. The first kappa shape index (κ1) is 9.61. The molecule has 0 N–H and O–H groups in total. The molecule has 2 aromatic rings. The van der Waals surface area contributed by atoms with Gasteiger partial charge >= 0.3 is 0 Å². The molecule has 1 aliphatic carbocycles. The van der Waals surface area contributed by atoms with Crippen molar-refractivity contribution < 1.29 is 5.11 Å². The molecule has 0 heterocycles. The van der Waals surface area contributed by atoms with Crippen molar-refractivity contribution in [3.63, 3.8) is 0 Å². The third-order valence-electron chi connectivity index (χ3n) is 3.37. The molecule has 79 valence electrons. The van der Waals surface area contributed by atoms with Gasteiger partial charge in [0.25, 0.3) is 0 Å². The second-order valence-electron chi connectivity index (χ2n) is 4.20. The van der Waals surface area contributed by atoms with E-state index in [4.69, 9.17) is 0 Å². The van der Waals surface area contributed by atoms with Gasteiger partial charge in [-0.1, -0.05) is 49.4 Å². The van der Waals surface area contributed by atoms with Crippen LogP contribution in [0.3, 0.4) is 0 Å². The molecule has 2 aromatic carbocycles. The van der Waals surface area contributed by atoms with Gasteiger partial charge in [0.15, 0.2) is 0 Å². The van der Waals surface area contributed by atoms with E-state index in [9.17, 15) is 5.11 Å². The number of hydrogen-bond donors (Lipinski definition) is 0. The van der Waals surface area contributed by atoms with Crippen molar-refractivity contribution in [3.05, 3.63) is 59.2 Å². The van der Waals surface area contributed by atoms with Gasteiger partial charge in [0.2, 0.25) is 0 Å². The molecule has 0 aliphatic heterocycles. The van der Waals surface area contributed by atoms with Crippen LogP contribution >= 0.6 is 0 Å². The Morgan fingerprint density at radius 1 is 1.00 bits per heavy atom. The topological polar surface area (TPSA) is 19.9 Å². The fraction of sp³-hybridized carbons (Fsp3) is 0.200. The maximum atomic E-state index is 12.4. The fourth-order valence-corrected chi connectivity index (χ4v) is 2.59. The molecule has 0 spiro atoms. The lowest BCUT2D eigenvalue weighted by molar-refractivity contribution is 0.128. The van der Waals surface area contributed by atoms with E-state index < -0.39 is 6.10 Å². The zero-order valence-electron chi connectivity index (χ0n) is 9.23. The summed E-state index contributed by atoms with van der Waals surface area (Å²) in [5.41, 5.74) is 5.36. The summed E-state index contributed by atoms with van der Waals surface area (Å²) in [6.45, 7) is 2.10. The van der Waals surface area contributed by atoms with E-state index in [1.54, 1.807) is 0 Å². The molecule has 0 fully saturated rings. The quantitative estimate of drug-likeness (QED) is 0.681. The van der Waals surface area contributed by atoms with Crippen molar-refractivity contribution in [3.8, 4) is 11.1 Å². The molecule has 0 aromatic heterocycles. The number of aryl methyl sites for hydroxylation is 1. The van der Waals surface area contributed by atoms with E-state index in [-0.39, 0.29) is 0 Å². The highest BCUT2D eigenvalue weighted by molar-refractivity contribution is 5.79. The van der Waals surface area contributed by atoms with Crippen molar-refractivity contribution in [2.75, 3.05) is 0 Å². The predicted octanol–water partition coefficient (Wildman–Crippen LogP) is 3.75. The van der Waals surface area contributed by atoms with Gasteiger partial charge < -0.3 is 0 Å². The van der Waals surface area contributed by atoms with Gasteiger partial charge in [-0.05, 0) is 34.2 Å². The Morgan fingerprint density at radius 2 is 1.75 bits per heavy atom. The summed E-state index contributed by atoms with van der Waals surface area (Å²) in [7, 11) is 0. The normalized spacial score (nSPS) is 17.0. The van der Waals surface area contributed by atoms with E-state index in [0.717, 1.165) is 28.7 Å². The minimum absolute atomic E-state index is 0.692. The van der Waals surface area contributed by atoms with Crippen molar-refractivity contribution >= 4 is 0 Å². The fourth-order valence-electron chi connectivity index (χ4n) is 2.59. The van der Waals surface area contributed by atoms with Crippen molar-refractivity contribution in [1.29, 1.82) is 0 Å². The van der Waals surface area contributed by atoms with Crippen molar-refractivity contribution in [1.82, 2.24) is 0 Å². The third kappa shape index (κ3) is 1.15. The summed E-state index contributed by atoms with van der Waals surface area (Å²) in [6, 6.07) is 14.1. The lowest BCUT2D eigenvalue weighted by atomic mass is 9.99. The first-order valence-electron chi connectivity index (χ1n) is 5.70. The summed E-state index contributed by atoms with van der Waals surface area (Å²) in [5, 5.41) is 12.4. The minimum atomic E-state index is -0.692. The van der Waals surface area contributed by atoms with E-state index in [1.165, 1.54) is 5.56 Å². The molecule has 1 atom stereocenters. The van der Waals surface area contributed by atoms with Crippen LogP contribution in [0.25, 0.3) is 11.1 Å². The van der Waals surface area contributed by atoms with Gasteiger partial charge in [-0.3, -0.25) is 0 Å². The summed E-state index contributed by atoms with van der Waals surface area (Å²) in [5.74, 6) is 0. The van der Waals surface area contributed by atoms with Gasteiger partial charge in [-0.15, -0.1) is 0 Å². The Hall–Kier alpha value is -1.60. The van der Waals surface area contributed by atoms with Crippen LogP contribution in [0.15, 0.2) is 42.5 Å². The molecule has 0 saturated heterocycles. The molecular weight excluding hydrogens is 196 g/mol. The van der Waals surface area contributed by atoms with Crippen molar-refractivity contribution in [2.24, 2.45) is 0 Å². The Balaban J connectivity index is 2.32. The first-order valence-corrected chi connectivity index (χ1v) is 5.70. The second-order valence-corrected chi connectivity index (χ2v) is 4.20. The first-order chi connectivity index (χ1) is 7.83. The Morgan fingerprint density at radius 3 is 2.56 bits per heavy atom. The Bertz CT molecular complexity index is 543. The standard InChI is InChI=1S/C15H13O/c1-2-10-6-5-9-12-11-7-3-4-8-13(11)15(16)14(10)12/h3-9,15H,2H2,1H3. The maximum Gasteiger partial charge on any atom is 0.145 e. The third-order valence-corrected chi connectivity index (χ3v) is 3.37. The zero-order valence-corrected chi connectivity index (χ0v) is 9.23. The molecule has 0 bridgehead atoms. The van der Waals surface area contributed by atoms with E-state index in [2.05, 4.69) is 19.1 Å². The molecular formula is C15H13O. The molecule has 1 heteroatoms. The minimum Gasteiger partial charge on any atom is -0.223 e. The molecule has 1 radical (unpaired) electrons. The number of rotatable bonds is 1. The number of hydrogen-bond acceptors (Lipinski definition) is 0. The summed E-state index contributed by atoms with van der Waals surface area (Å²) >= 11 is 0.